The molecule has 1 aliphatic rings. The van der Waals surface area contributed by atoms with Crippen molar-refractivity contribution in [2.24, 2.45) is 5.92 Å². The van der Waals surface area contributed by atoms with Gasteiger partial charge in [-0.3, -0.25) is 9.59 Å². The first-order chi connectivity index (χ1) is 7.00. The van der Waals surface area contributed by atoms with Gasteiger partial charge in [0.05, 0.1) is 6.10 Å². The van der Waals surface area contributed by atoms with Gasteiger partial charge in [-0.15, -0.1) is 0 Å². The molecule has 0 saturated heterocycles. The molecule has 0 aliphatic heterocycles. The van der Waals surface area contributed by atoms with Crippen molar-refractivity contribution in [1.29, 1.82) is 0 Å². The van der Waals surface area contributed by atoms with Crippen LogP contribution in [0.1, 0.15) is 39.5 Å². The lowest BCUT2D eigenvalue weighted by Gasteiger charge is -2.26. The molecular formula is C11H19NO3. The second kappa shape index (κ2) is 5.26. The molecule has 0 atom stereocenters. The van der Waals surface area contributed by atoms with E-state index in [1.165, 1.54) is 0 Å². The van der Waals surface area contributed by atoms with Crippen LogP contribution in [0.5, 0.6) is 0 Å². The fourth-order valence-electron chi connectivity index (χ4n) is 1.74. The van der Waals surface area contributed by atoms with E-state index in [1.54, 1.807) is 13.8 Å². The number of aliphatic hydroxyl groups excluding tert-OH is 1. The predicted molar refractivity (Wildman–Crippen MR) is 56.3 cm³/mol. The Balaban J connectivity index is 2.35. The molecule has 0 radical (unpaired) electrons. The minimum atomic E-state index is -0.480. The van der Waals surface area contributed by atoms with Crippen LogP contribution in [-0.2, 0) is 9.59 Å². The highest BCUT2D eigenvalue weighted by molar-refractivity contribution is 6.36. The number of carbonyl (C=O) groups excluding carboxylic acids is 2. The average molecular weight is 213 g/mol. The first-order valence-corrected chi connectivity index (χ1v) is 5.53. The summed E-state index contributed by atoms with van der Waals surface area (Å²) in [6.45, 7) is 3.43. The van der Waals surface area contributed by atoms with Gasteiger partial charge in [0.2, 0.25) is 5.78 Å². The Morgan fingerprint density at radius 3 is 2.20 bits per heavy atom. The minimum absolute atomic E-state index is 0.0589. The second-order valence-corrected chi connectivity index (χ2v) is 4.50. The number of carbonyl (C=O) groups is 2. The largest absolute Gasteiger partial charge is 0.393 e. The molecular weight excluding hydrogens is 194 g/mol. The summed E-state index contributed by atoms with van der Waals surface area (Å²) < 4.78 is 0. The molecule has 1 fully saturated rings. The van der Waals surface area contributed by atoms with Crippen molar-refractivity contribution in [1.82, 2.24) is 5.32 Å². The lowest BCUT2D eigenvalue weighted by Crippen LogP contribution is -2.43. The Kier molecular flexibility index (Phi) is 4.27. The molecule has 1 aliphatic carbocycles. The third-order valence-electron chi connectivity index (χ3n) is 2.78. The molecule has 0 aromatic rings. The van der Waals surface area contributed by atoms with E-state index >= 15 is 0 Å². The molecule has 2 N–H and O–H groups in total. The van der Waals surface area contributed by atoms with Gasteiger partial charge in [-0.2, -0.15) is 0 Å². The van der Waals surface area contributed by atoms with E-state index in [0.717, 1.165) is 12.8 Å². The molecule has 15 heavy (non-hydrogen) atoms. The van der Waals surface area contributed by atoms with Gasteiger partial charge in [0.1, 0.15) is 0 Å². The van der Waals surface area contributed by atoms with E-state index in [9.17, 15) is 14.7 Å². The van der Waals surface area contributed by atoms with E-state index in [0.29, 0.717) is 12.8 Å². The third-order valence-corrected chi connectivity index (χ3v) is 2.78. The summed E-state index contributed by atoms with van der Waals surface area (Å²) in [5.41, 5.74) is 0. The highest BCUT2D eigenvalue weighted by atomic mass is 16.3. The number of ketones is 1. The molecule has 1 amide bonds. The molecule has 4 heteroatoms. The van der Waals surface area contributed by atoms with Crippen molar-refractivity contribution in [3.05, 3.63) is 0 Å². The fraction of sp³-hybridized carbons (Fsp3) is 0.818. The van der Waals surface area contributed by atoms with E-state index < -0.39 is 5.91 Å². The predicted octanol–water partition coefficient (Wildman–Crippen LogP) is 0.631. The summed E-state index contributed by atoms with van der Waals surface area (Å²) in [5.74, 6) is -1.09. The zero-order valence-corrected chi connectivity index (χ0v) is 9.32. The first kappa shape index (κ1) is 12.2. The smallest absolute Gasteiger partial charge is 0.287 e. The number of aliphatic hydroxyl groups is 1. The Labute approximate surface area is 90.0 Å². The van der Waals surface area contributed by atoms with E-state index in [2.05, 4.69) is 5.32 Å². The van der Waals surface area contributed by atoms with E-state index in [1.807, 2.05) is 0 Å². The van der Waals surface area contributed by atoms with Crippen LogP contribution in [-0.4, -0.2) is 28.9 Å². The Morgan fingerprint density at radius 1 is 1.20 bits per heavy atom. The summed E-state index contributed by atoms with van der Waals surface area (Å²) in [4.78, 5) is 22.7. The molecule has 0 bridgehead atoms. The lowest BCUT2D eigenvalue weighted by molar-refractivity contribution is -0.140. The van der Waals surface area contributed by atoms with Gasteiger partial charge >= 0.3 is 0 Å². The molecule has 0 heterocycles. The van der Waals surface area contributed by atoms with Crippen LogP contribution in [0.4, 0.5) is 0 Å². The summed E-state index contributed by atoms with van der Waals surface area (Å²) in [6.07, 6.45) is 2.71. The van der Waals surface area contributed by atoms with Crippen molar-refractivity contribution >= 4 is 11.7 Å². The fourth-order valence-corrected chi connectivity index (χ4v) is 1.74. The van der Waals surface area contributed by atoms with Crippen molar-refractivity contribution in [2.75, 3.05) is 0 Å². The molecule has 0 aromatic heterocycles. The number of amides is 1. The molecule has 4 nitrogen and oxygen atoms in total. The van der Waals surface area contributed by atoms with Gasteiger partial charge in [-0.25, -0.2) is 0 Å². The SMILES string of the molecule is CC(C)C(=O)C(=O)N[C@H]1CC[C@@H](O)CC1. The van der Waals surface area contributed by atoms with Gasteiger partial charge in [0.15, 0.2) is 0 Å². The molecule has 86 valence electrons. The maximum atomic E-state index is 11.4. The second-order valence-electron chi connectivity index (χ2n) is 4.50. The van der Waals surface area contributed by atoms with Gasteiger partial charge in [-0.05, 0) is 25.7 Å². The highest BCUT2D eigenvalue weighted by Gasteiger charge is 2.24. The normalized spacial score (nSPS) is 26.4. The topological polar surface area (TPSA) is 66.4 Å². The first-order valence-electron chi connectivity index (χ1n) is 5.53. The summed E-state index contributed by atoms with van der Waals surface area (Å²) in [6, 6.07) is 0.0589. The minimum Gasteiger partial charge on any atom is -0.393 e. The van der Waals surface area contributed by atoms with Crippen LogP contribution < -0.4 is 5.32 Å². The standard InChI is InChI=1S/C11H19NO3/c1-7(2)10(14)11(15)12-8-3-5-9(13)6-4-8/h7-9,13H,3-6H2,1-2H3,(H,12,15)/t8-,9+. The van der Waals surface area contributed by atoms with Crippen molar-refractivity contribution in [3.63, 3.8) is 0 Å². The number of rotatable bonds is 3. The average Bonchev–Trinajstić information content (AvgIpc) is 2.20. The van der Waals surface area contributed by atoms with Crippen molar-refractivity contribution in [2.45, 2.75) is 51.7 Å². The van der Waals surface area contributed by atoms with Gasteiger partial charge in [0.25, 0.3) is 5.91 Å². The zero-order valence-electron chi connectivity index (χ0n) is 9.32. The number of Topliss-reactive ketones (excluding diaryl/α,β-unsaturated/α-hetero) is 1. The van der Waals surface area contributed by atoms with Gasteiger partial charge < -0.3 is 10.4 Å². The molecule has 1 saturated carbocycles. The molecule has 0 spiro atoms. The quantitative estimate of drug-likeness (QED) is 0.676. The molecule has 1 rings (SSSR count). The molecule has 0 aromatic carbocycles. The maximum Gasteiger partial charge on any atom is 0.287 e. The number of nitrogens with one attached hydrogen (secondary N) is 1. The van der Waals surface area contributed by atoms with Crippen LogP contribution in [0.2, 0.25) is 0 Å². The van der Waals surface area contributed by atoms with E-state index in [-0.39, 0.29) is 23.8 Å². The van der Waals surface area contributed by atoms with Crippen molar-refractivity contribution < 1.29 is 14.7 Å². The Bertz CT molecular complexity index is 242. The zero-order chi connectivity index (χ0) is 11.4. The van der Waals surface area contributed by atoms with E-state index in [4.69, 9.17) is 0 Å². The maximum absolute atomic E-state index is 11.4. The Hall–Kier alpha value is -0.900. The lowest BCUT2D eigenvalue weighted by atomic mass is 9.93. The summed E-state index contributed by atoms with van der Waals surface area (Å²) in [7, 11) is 0. The number of hydrogen-bond donors (Lipinski definition) is 2. The van der Waals surface area contributed by atoms with Crippen LogP contribution >= 0.6 is 0 Å². The van der Waals surface area contributed by atoms with Crippen LogP contribution in [0.15, 0.2) is 0 Å². The van der Waals surface area contributed by atoms with Crippen LogP contribution in [0.3, 0.4) is 0 Å². The van der Waals surface area contributed by atoms with Gasteiger partial charge in [-0.1, -0.05) is 13.8 Å². The van der Waals surface area contributed by atoms with Crippen molar-refractivity contribution in [3.8, 4) is 0 Å². The summed E-state index contributed by atoms with van der Waals surface area (Å²) >= 11 is 0. The highest BCUT2D eigenvalue weighted by Crippen LogP contribution is 2.18. The molecule has 0 unspecified atom stereocenters. The number of hydrogen-bond acceptors (Lipinski definition) is 3. The summed E-state index contributed by atoms with van der Waals surface area (Å²) in [5, 5.41) is 12.0. The Morgan fingerprint density at radius 2 is 1.73 bits per heavy atom. The third kappa shape index (κ3) is 3.63. The monoisotopic (exact) mass is 213 g/mol. The van der Waals surface area contributed by atoms with Gasteiger partial charge in [0, 0.05) is 12.0 Å². The van der Waals surface area contributed by atoms with Crippen LogP contribution in [0, 0.1) is 5.92 Å². The van der Waals surface area contributed by atoms with Crippen LogP contribution in [0.25, 0.3) is 0 Å².